The summed E-state index contributed by atoms with van der Waals surface area (Å²) in [6, 6.07) is 11.7. The van der Waals surface area contributed by atoms with Gasteiger partial charge in [-0.3, -0.25) is 0 Å². The zero-order chi connectivity index (χ0) is 13.2. The highest BCUT2D eigenvalue weighted by Gasteiger charge is 2.19. The Bertz CT molecular complexity index is 480. The van der Waals surface area contributed by atoms with E-state index >= 15 is 0 Å². The van der Waals surface area contributed by atoms with Crippen molar-refractivity contribution in [2.45, 2.75) is 38.7 Å². The van der Waals surface area contributed by atoms with Crippen LogP contribution in [0.5, 0.6) is 0 Å². The maximum Gasteiger partial charge on any atom is 0.137 e. The third kappa shape index (κ3) is 2.49. The number of benzene rings is 1. The molecule has 1 aromatic carbocycles. The molecule has 0 aliphatic carbocycles. The van der Waals surface area contributed by atoms with Crippen LogP contribution in [0.2, 0.25) is 0 Å². The van der Waals surface area contributed by atoms with E-state index in [9.17, 15) is 5.11 Å². The van der Waals surface area contributed by atoms with E-state index in [1.165, 1.54) is 5.56 Å². The van der Waals surface area contributed by atoms with Crippen molar-refractivity contribution in [1.29, 1.82) is 0 Å². The third-order valence-corrected chi connectivity index (χ3v) is 3.70. The number of aliphatic hydroxyl groups is 1. The molecule has 1 aromatic heterocycles. The van der Waals surface area contributed by atoms with Gasteiger partial charge in [0.05, 0.1) is 6.26 Å². The first-order valence-corrected chi connectivity index (χ1v) is 6.36. The lowest BCUT2D eigenvalue weighted by Gasteiger charge is -2.23. The van der Waals surface area contributed by atoms with Gasteiger partial charge in [-0.1, -0.05) is 45.0 Å². The molecule has 1 unspecified atom stereocenters. The summed E-state index contributed by atoms with van der Waals surface area (Å²) in [5.41, 5.74) is 2.33. The molecule has 1 atom stereocenters. The molecule has 96 valence electrons. The van der Waals surface area contributed by atoms with Gasteiger partial charge in [-0.05, 0) is 35.1 Å². The largest absolute Gasteiger partial charge is 0.466 e. The van der Waals surface area contributed by atoms with E-state index in [-0.39, 0.29) is 5.41 Å². The Morgan fingerprint density at radius 1 is 1.17 bits per heavy atom. The second-order valence-electron chi connectivity index (χ2n) is 5.28. The molecule has 0 fully saturated rings. The number of furan rings is 1. The van der Waals surface area contributed by atoms with Gasteiger partial charge >= 0.3 is 0 Å². The Labute approximate surface area is 108 Å². The van der Waals surface area contributed by atoms with Crippen LogP contribution in [0.3, 0.4) is 0 Å². The van der Waals surface area contributed by atoms with Gasteiger partial charge in [-0.2, -0.15) is 0 Å². The predicted octanol–water partition coefficient (Wildman–Crippen LogP) is 4.05. The summed E-state index contributed by atoms with van der Waals surface area (Å²) in [4.78, 5) is 0. The number of rotatable bonds is 4. The number of hydrogen-bond donors (Lipinski definition) is 1. The summed E-state index contributed by atoms with van der Waals surface area (Å²) in [6.07, 6.45) is 1.99. The van der Waals surface area contributed by atoms with Crippen molar-refractivity contribution in [2.24, 2.45) is 0 Å². The smallest absolute Gasteiger partial charge is 0.137 e. The fourth-order valence-electron chi connectivity index (χ4n) is 1.93. The third-order valence-electron chi connectivity index (χ3n) is 3.70. The molecule has 18 heavy (non-hydrogen) atoms. The first-order chi connectivity index (χ1) is 8.54. The maximum absolute atomic E-state index is 10.1. The minimum atomic E-state index is -0.682. The molecule has 2 nitrogen and oxygen atoms in total. The van der Waals surface area contributed by atoms with Crippen molar-refractivity contribution in [2.75, 3.05) is 0 Å². The van der Waals surface area contributed by atoms with Crippen LogP contribution in [0.25, 0.3) is 0 Å². The standard InChI is InChI=1S/C16H20O2/c1-4-16(2,3)13-9-7-12(8-10-13)15(17)14-6-5-11-18-14/h5-11,15,17H,4H2,1-3H3. The molecule has 2 heteroatoms. The zero-order valence-corrected chi connectivity index (χ0v) is 11.2. The molecule has 2 rings (SSSR count). The van der Waals surface area contributed by atoms with Gasteiger partial charge in [0, 0.05) is 0 Å². The minimum absolute atomic E-state index is 0.175. The second kappa shape index (κ2) is 4.99. The van der Waals surface area contributed by atoms with E-state index in [4.69, 9.17) is 4.42 Å². The Balaban J connectivity index is 2.23. The van der Waals surface area contributed by atoms with Gasteiger partial charge in [0.1, 0.15) is 11.9 Å². The van der Waals surface area contributed by atoms with Crippen LogP contribution in [-0.2, 0) is 5.41 Å². The van der Waals surface area contributed by atoms with Gasteiger partial charge in [0.2, 0.25) is 0 Å². The molecule has 1 heterocycles. The summed E-state index contributed by atoms with van der Waals surface area (Å²) < 4.78 is 5.22. The van der Waals surface area contributed by atoms with E-state index in [1.54, 1.807) is 18.4 Å². The lowest BCUT2D eigenvalue weighted by molar-refractivity contribution is 0.189. The molecule has 0 saturated heterocycles. The van der Waals surface area contributed by atoms with Crippen LogP contribution in [0.4, 0.5) is 0 Å². The highest BCUT2D eigenvalue weighted by Crippen LogP contribution is 2.29. The van der Waals surface area contributed by atoms with Crippen LogP contribution in [0.1, 0.15) is 50.2 Å². The molecule has 0 radical (unpaired) electrons. The van der Waals surface area contributed by atoms with Gasteiger partial charge < -0.3 is 9.52 Å². The second-order valence-corrected chi connectivity index (χ2v) is 5.28. The average molecular weight is 244 g/mol. The highest BCUT2D eigenvalue weighted by molar-refractivity contribution is 5.31. The molecule has 0 aliphatic heterocycles. The van der Waals surface area contributed by atoms with E-state index in [2.05, 4.69) is 32.9 Å². The van der Waals surface area contributed by atoms with Crippen molar-refractivity contribution in [3.05, 3.63) is 59.5 Å². The summed E-state index contributed by atoms with van der Waals surface area (Å²) in [7, 11) is 0. The van der Waals surface area contributed by atoms with E-state index in [0.29, 0.717) is 5.76 Å². The quantitative estimate of drug-likeness (QED) is 0.880. The molecule has 0 aliphatic rings. The topological polar surface area (TPSA) is 33.4 Å². The van der Waals surface area contributed by atoms with E-state index in [0.717, 1.165) is 12.0 Å². The molecule has 0 amide bonds. The molecule has 0 saturated carbocycles. The average Bonchev–Trinajstić information content (AvgIpc) is 2.92. The van der Waals surface area contributed by atoms with Crippen molar-refractivity contribution in [3.8, 4) is 0 Å². The Morgan fingerprint density at radius 3 is 2.33 bits per heavy atom. The van der Waals surface area contributed by atoms with Crippen molar-refractivity contribution < 1.29 is 9.52 Å². The summed E-state index contributed by atoms with van der Waals surface area (Å²) >= 11 is 0. The molecular weight excluding hydrogens is 224 g/mol. The van der Waals surface area contributed by atoms with Crippen LogP contribution in [0, 0.1) is 0 Å². The lowest BCUT2D eigenvalue weighted by atomic mass is 9.82. The monoisotopic (exact) mass is 244 g/mol. The fourth-order valence-corrected chi connectivity index (χ4v) is 1.93. The molecule has 0 spiro atoms. The van der Waals surface area contributed by atoms with Crippen LogP contribution >= 0.6 is 0 Å². The highest BCUT2D eigenvalue weighted by atomic mass is 16.4. The maximum atomic E-state index is 10.1. The Hall–Kier alpha value is -1.54. The SMILES string of the molecule is CCC(C)(C)c1ccc(C(O)c2ccco2)cc1. The van der Waals surface area contributed by atoms with Crippen molar-refractivity contribution in [3.63, 3.8) is 0 Å². The van der Waals surface area contributed by atoms with Gasteiger partial charge in [-0.15, -0.1) is 0 Å². The fraction of sp³-hybridized carbons (Fsp3) is 0.375. The molecular formula is C16H20O2. The number of hydrogen-bond acceptors (Lipinski definition) is 2. The first-order valence-electron chi connectivity index (χ1n) is 6.36. The summed E-state index contributed by atoms with van der Waals surface area (Å²) in [5.74, 6) is 0.581. The van der Waals surface area contributed by atoms with E-state index in [1.807, 2.05) is 12.1 Å². The van der Waals surface area contributed by atoms with Crippen LogP contribution in [0.15, 0.2) is 47.1 Å². The van der Waals surface area contributed by atoms with Crippen LogP contribution < -0.4 is 0 Å². The van der Waals surface area contributed by atoms with Gasteiger partial charge in [0.25, 0.3) is 0 Å². The Kier molecular flexibility index (Phi) is 3.58. The lowest BCUT2D eigenvalue weighted by Crippen LogP contribution is -2.15. The molecule has 1 N–H and O–H groups in total. The van der Waals surface area contributed by atoms with Crippen molar-refractivity contribution in [1.82, 2.24) is 0 Å². The Morgan fingerprint density at radius 2 is 1.83 bits per heavy atom. The number of aliphatic hydroxyl groups excluding tert-OH is 1. The van der Waals surface area contributed by atoms with Crippen LogP contribution in [-0.4, -0.2) is 5.11 Å². The predicted molar refractivity (Wildman–Crippen MR) is 72.5 cm³/mol. The van der Waals surface area contributed by atoms with Gasteiger partial charge in [0.15, 0.2) is 0 Å². The van der Waals surface area contributed by atoms with E-state index < -0.39 is 6.10 Å². The minimum Gasteiger partial charge on any atom is -0.466 e. The van der Waals surface area contributed by atoms with Gasteiger partial charge in [-0.25, -0.2) is 0 Å². The first kappa shape index (κ1) is 12.9. The molecule has 2 aromatic rings. The zero-order valence-electron chi connectivity index (χ0n) is 11.2. The van der Waals surface area contributed by atoms with Crippen molar-refractivity contribution >= 4 is 0 Å². The summed E-state index contributed by atoms with van der Waals surface area (Å²) in [6.45, 7) is 6.64. The normalized spacial score (nSPS) is 13.6. The summed E-state index contributed by atoms with van der Waals surface area (Å²) in [5, 5.41) is 10.1. The molecule has 0 bridgehead atoms.